The Balaban J connectivity index is 1.94. The normalized spacial score (nSPS) is 25.1. The second-order valence-corrected chi connectivity index (χ2v) is 4.58. The molecule has 5 heteroatoms. The van der Waals surface area contributed by atoms with Gasteiger partial charge >= 0.3 is 0 Å². The molecule has 1 N–H and O–H groups in total. The van der Waals surface area contributed by atoms with Crippen LogP contribution in [0, 0.1) is 0 Å². The Morgan fingerprint density at radius 2 is 2.19 bits per heavy atom. The predicted molar refractivity (Wildman–Crippen MR) is 59.6 cm³/mol. The van der Waals surface area contributed by atoms with E-state index in [4.69, 9.17) is 0 Å². The van der Waals surface area contributed by atoms with Gasteiger partial charge in [-0.05, 0) is 19.3 Å². The molecule has 1 aliphatic carbocycles. The molecule has 3 rings (SSSR count). The van der Waals surface area contributed by atoms with Gasteiger partial charge in [0.25, 0.3) is 5.56 Å². The molecule has 2 heterocycles. The number of hydrogen-bond donors (Lipinski definition) is 1. The van der Waals surface area contributed by atoms with Crippen molar-refractivity contribution in [1.82, 2.24) is 9.55 Å². The first-order valence-corrected chi connectivity index (χ1v) is 5.76. The number of aliphatic hydroxyl groups excluding tert-OH is 1. The van der Waals surface area contributed by atoms with E-state index in [-0.39, 0.29) is 11.7 Å². The molecule has 0 aromatic carbocycles. The Kier molecular flexibility index (Phi) is 2.21. The summed E-state index contributed by atoms with van der Waals surface area (Å²) in [5.74, 6) is 0.492. The lowest BCUT2D eigenvalue weighted by molar-refractivity contribution is 0.198. The summed E-state index contributed by atoms with van der Waals surface area (Å²) < 4.78 is 1.77. The highest BCUT2D eigenvalue weighted by Crippen LogP contribution is 2.33. The Morgan fingerprint density at radius 3 is 2.81 bits per heavy atom. The van der Waals surface area contributed by atoms with Gasteiger partial charge in [-0.3, -0.25) is 4.79 Å². The zero-order valence-electron chi connectivity index (χ0n) is 9.04. The summed E-state index contributed by atoms with van der Waals surface area (Å²) in [6.45, 7) is 1.25. The van der Waals surface area contributed by atoms with Gasteiger partial charge in [-0.1, -0.05) is 0 Å². The summed E-state index contributed by atoms with van der Waals surface area (Å²) >= 11 is 0. The smallest absolute Gasteiger partial charge is 0.293 e. The predicted octanol–water partition coefficient (Wildman–Crippen LogP) is 0.149. The first-order valence-electron chi connectivity index (χ1n) is 5.76. The van der Waals surface area contributed by atoms with E-state index >= 15 is 0 Å². The lowest BCUT2D eigenvalue weighted by Crippen LogP contribution is -2.32. The number of aliphatic hydroxyl groups is 1. The molecule has 1 unspecified atom stereocenters. The number of rotatable bonds is 2. The van der Waals surface area contributed by atoms with Gasteiger partial charge in [0.1, 0.15) is 0 Å². The van der Waals surface area contributed by atoms with Crippen LogP contribution < -0.4 is 10.5 Å². The minimum Gasteiger partial charge on any atom is -0.391 e. The van der Waals surface area contributed by atoms with Gasteiger partial charge in [0.15, 0.2) is 5.82 Å². The van der Waals surface area contributed by atoms with Crippen molar-refractivity contribution in [2.24, 2.45) is 0 Å². The molecule has 1 aromatic rings. The second-order valence-electron chi connectivity index (χ2n) is 4.58. The highest BCUT2D eigenvalue weighted by Gasteiger charge is 2.28. The van der Waals surface area contributed by atoms with Gasteiger partial charge in [-0.15, -0.1) is 0 Å². The van der Waals surface area contributed by atoms with E-state index in [1.54, 1.807) is 17.0 Å². The first kappa shape index (κ1) is 9.84. The minimum absolute atomic E-state index is 0.0147. The Morgan fingerprint density at radius 1 is 1.38 bits per heavy atom. The Labute approximate surface area is 93.3 Å². The maximum absolute atomic E-state index is 12.1. The van der Waals surface area contributed by atoms with E-state index in [9.17, 15) is 9.90 Å². The van der Waals surface area contributed by atoms with Crippen LogP contribution in [0.2, 0.25) is 0 Å². The standard InChI is InChI=1S/C11H15N3O2/c15-9-3-5-13(7-9)10-11(16)14(6-4-12-10)8-1-2-8/h4,6,8-9,15H,1-3,5,7H2. The van der Waals surface area contributed by atoms with Crippen molar-refractivity contribution in [3.63, 3.8) is 0 Å². The summed E-state index contributed by atoms with van der Waals surface area (Å²) in [5, 5.41) is 9.46. The molecule has 0 bridgehead atoms. The van der Waals surface area contributed by atoms with Crippen molar-refractivity contribution >= 4 is 5.82 Å². The first-order chi connectivity index (χ1) is 7.75. The highest BCUT2D eigenvalue weighted by atomic mass is 16.3. The molecule has 16 heavy (non-hydrogen) atoms. The minimum atomic E-state index is -0.323. The fraction of sp³-hybridized carbons (Fsp3) is 0.636. The van der Waals surface area contributed by atoms with E-state index in [0.717, 1.165) is 25.8 Å². The fourth-order valence-electron chi connectivity index (χ4n) is 2.21. The van der Waals surface area contributed by atoms with Crippen LogP contribution in [0.3, 0.4) is 0 Å². The number of aromatic nitrogens is 2. The van der Waals surface area contributed by atoms with Crippen molar-refractivity contribution in [3.8, 4) is 0 Å². The van der Waals surface area contributed by atoms with Crippen LogP contribution in [-0.2, 0) is 0 Å². The summed E-state index contributed by atoms with van der Waals surface area (Å²) in [7, 11) is 0. The Hall–Kier alpha value is -1.36. The van der Waals surface area contributed by atoms with Crippen LogP contribution in [0.4, 0.5) is 5.82 Å². The number of hydrogen-bond acceptors (Lipinski definition) is 4. The van der Waals surface area contributed by atoms with Crippen LogP contribution in [0.5, 0.6) is 0 Å². The molecule has 1 saturated carbocycles. The van der Waals surface area contributed by atoms with Crippen molar-refractivity contribution in [1.29, 1.82) is 0 Å². The van der Waals surface area contributed by atoms with Gasteiger partial charge in [0.2, 0.25) is 0 Å². The van der Waals surface area contributed by atoms with Crippen LogP contribution in [0.15, 0.2) is 17.2 Å². The third-order valence-electron chi connectivity index (χ3n) is 3.25. The van der Waals surface area contributed by atoms with Crippen molar-refractivity contribution in [2.45, 2.75) is 31.4 Å². The monoisotopic (exact) mass is 221 g/mol. The van der Waals surface area contributed by atoms with Gasteiger partial charge in [-0.25, -0.2) is 4.98 Å². The number of β-amino-alcohol motifs (C(OH)–C–C–N with tert-alkyl or cyclic N) is 1. The summed E-state index contributed by atoms with van der Waals surface area (Å²) in [5.41, 5.74) is -0.0147. The molecule has 1 aromatic heterocycles. The van der Waals surface area contributed by atoms with Crippen molar-refractivity contribution in [3.05, 3.63) is 22.7 Å². The second kappa shape index (κ2) is 3.59. The average molecular weight is 221 g/mol. The van der Waals surface area contributed by atoms with Gasteiger partial charge in [0.05, 0.1) is 6.10 Å². The maximum Gasteiger partial charge on any atom is 0.293 e. The van der Waals surface area contributed by atoms with E-state index in [2.05, 4.69) is 4.98 Å². The quantitative estimate of drug-likeness (QED) is 0.772. The van der Waals surface area contributed by atoms with Crippen molar-refractivity contribution < 1.29 is 5.11 Å². The van der Waals surface area contributed by atoms with Crippen molar-refractivity contribution in [2.75, 3.05) is 18.0 Å². The molecular formula is C11H15N3O2. The lowest BCUT2D eigenvalue weighted by atomic mass is 10.3. The third-order valence-corrected chi connectivity index (χ3v) is 3.25. The van der Waals surface area contributed by atoms with E-state index in [1.807, 2.05) is 4.90 Å². The van der Waals surface area contributed by atoms with E-state index in [1.165, 1.54) is 0 Å². The van der Waals surface area contributed by atoms with Crippen LogP contribution in [0.25, 0.3) is 0 Å². The zero-order valence-corrected chi connectivity index (χ0v) is 9.04. The number of anilines is 1. The van der Waals surface area contributed by atoms with Gasteiger partial charge in [-0.2, -0.15) is 0 Å². The van der Waals surface area contributed by atoms with Crippen LogP contribution >= 0.6 is 0 Å². The topological polar surface area (TPSA) is 58.4 Å². The van der Waals surface area contributed by atoms with Crippen LogP contribution in [-0.4, -0.2) is 33.9 Å². The lowest BCUT2D eigenvalue weighted by Gasteiger charge is -2.16. The van der Waals surface area contributed by atoms with E-state index in [0.29, 0.717) is 18.4 Å². The molecule has 0 amide bonds. The molecule has 1 atom stereocenters. The molecule has 0 radical (unpaired) electrons. The molecule has 5 nitrogen and oxygen atoms in total. The number of nitrogens with zero attached hydrogens (tertiary/aromatic N) is 3. The summed E-state index contributed by atoms with van der Waals surface area (Å²) in [6.07, 6.45) is 6.02. The van der Waals surface area contributed by atoms with E-state index < -0.39 is 0 Å². The molecule has 2 aliphatic rings. The van der Waals surface area contributed by atoms with Gasteiger partial charge in [0, 0.05) is 31.5 Å². The maximum atomic E-state index is 12.1. The largest absolute Gasteiger partial charge is 0.391 e. The van der Waals surface area contributed by atoms with Gasteiger partial charge < -0.3 is 14.6 Å². The summed E-state index contributed by atoms with van der Waals surface area (Å²) in [6, 6.07) is 0.377. The highest BCUT2D eigenvalue weighted by molar-refractivity contribution is 5.37. The molecule has 2 fully saturated rings. The molecular weight excluding hydrogens is 206 g/mol. The zero-order chi connectivity index (χ0) is 11.1. The fourth-order valence-corrected chi connectivity index (χ4v) is 2.21. The molecule has 86 valence electrons. The third kappa shape index (κ3) is 1.61. The molecule has 1 aliphatic heterocycles. The Bertz CT molecular complexity index is 453. The SMILES string of the molecule is O=c1c(N2CCC(O)C2)nccn1C1CC1. The summed E-state index contributed by atoms with van der Waals surface area (Å²) in [4.78, 5) is 18.1. The van der Waals surface area contributed by atoms with Crippen LogP contribution in [0.1, 0.15) is 25.3 Å². The molecule has 1 saturated heterocycles. The molecule has 0 spiro atoms. The average Bonchev–Trinajstić information content (AvgIpc) is 3.02.